The molecule has 0 fully saturated rings. The Bertz CT molecular complexity index is 165. The highest BCUT2D eigenvalue weighted by molar-refractivity contribution is 8.69. The van der Waals surface area contributed by atoms with Crippen LogP contribution in [0.4, 0.5) is 0 Å². The molecule has 0 amide bonds. The molecular formula is C4H11NO3S2. The van der Waals surface area contributed by atoms with E-state index in [0.717, 1.165) is 13.0 Å². The van der Waals surface area contributed by atoms with Gasteiger partial charge in [0.2, 0.25) is 0 Å². The second-order valence-corrected chi connectivity index (χ2v) is 5.18. The van der Waals surface area contributed by atoms with E-state index in [1.807, 2.05) is 0 Å². The lowest BCUT2D eigenvalue weighted by Crippen LogP contribution is -2.08. The molecule has 6 heteroatoms. The first-order valence-electron chi connectivity index (χ1n) is 2.82. The van der Waals surface area contributed by atoms with Crippen LogP contribution < -0.4 is 5.32 Å². The molecule has 0 aromatic heterocycles. The van der Waals surface area contributed by atoms with Crippen LogP contribution in [0.2, 0.25) is 0 Å². The second kappa shape index (κ2) is 4.95. The lowest BCUT2D eigenvalue weighted by molar-refractivity contribution is 0.503. The summed E-state index contributed by atoms with van der Waals surface area (Å²) >= 11 is 0. The molecule has 4 nitrogen and oxygen atoms in total. The average molecular weight is 185 g/mol. The van der Waals surface area contributed by atoms with Gasteiger partial charge in [-0.2, -0.15) is 8.42 Å². The first kappa shape index (κ1) is 10.2. The molecule has 0 unspecified atom stereocenters. The van der Waals surface area contributed by atoms with Crippen molar-refractivity contribution >= 4 is 19.9 Å². The fraction of sp³-hybridized carbons (Fsp3) is 1.00. The first-order chi connectivity index (χ1) is 4.56. The molecule has 0 bridgehead atoms. The lowest BCUT2D eigenvalue weighted by Gasteiger charge is -1.95. The smallest absolute Gasteiger partial charge is 0.319 e. The van der Waals surface area contributed by atoms with Crippen molar-refractivity contribution in [2.75, 3.05) is 19.3 Å². The minimum atomic E-state index is -3.82. The summed E-state index contributed by atoms with van der Waals surface area (Å²) < 4.78 is 28.4. The minimum Gasteiger partial charge on any atom is -0.320 e. The summed E-state index contributed by atoms with van der Waals surface area (Å²) in [4.78, 5) is 0. The van der Waals surface area contributed by atoms with Crippen LogP contribution in [0.1, 0.15) is 6.42 Å². The van der Waals surface area contributed by atoms with Crippen LogP contribution in [-0.4, -0.2) is 32.3 Å². The predicted octanol–water partition coefficient (Wildman–Crippen LogP) is 0.132. The molecule has 62 valence electrons. The molecule has 2 N–H and O–H groups in total. The van der Waals surface area contributed by atoms with Crippen molar-refractivity contribution < 1.29 is 13.0 Å². The van der Waals surface area contributed by atoms with Crippen LogP contribution in [0, 0.1) is 0 Å². The Hall–Kier alpha value is 0.220. The van der Waals surface area contributed by atoms with Crippen molar-refractivity contribution in [1.29, 1.82) is 0 Å². The van der Waals surface area contributed by atoms with E-state index in [0.29, 0.717) is 16.5 Å². The molecule has 0 aliphatic carbocycles. The van der Waals surface area contributed by atoms with Crippen molar-refractivity contribution in [3.05, 3.63) is 0 Å². The van der Waals surface area contributed by atoms with Crippen LogP contribution in [0.3, 0.4) is 0 Å². The normalized spacial score (nSPS) is 11.8. The second-order valence-electron chi connectivity index (χ2n) is 1.71. The van der Waals surface area contributed by atoms with Gasteiger partial charge < -0.3 is 5.32 Å². The summed E-state index contributed by atoms with van der Waals surface area (Å²) in [5.41, 5.74) is 0. The van der Waals surface area contributed by atoms with Gasteiger partial charge in [0, 0.05) is 5.75 Å². The summed E-state index contributed by atoms with van der Waals surface area (Å²) in [5, 5.41) is 2.86. The highest BCUT2D eigenvalue weighted by Crippen LogP contribution is 2.09. The quantitative estimate of drug-likeness (QED) is 0.362. The third-order valence-electron chi connectivity index (χ3n) is 0.803. The standard InChI is InChI=1S/C4H11NO3S2/c1-5-3-2-4-9-10(6,7)8/h5H,2-4H2,1H3,(H,6,7,8). The molecule has 10 heavy (non-hydrogen) atoms. The van der Waals surface area contributed by atoms with Crippen LogP contribution >= 0.6 is 10.8 Å². The number of hydrogen-bond acceptors (Lipinski definition) is 4. The van der Waals surface area contributed by atoms with Gasteiger partial charge in [-0.05, 0) is 30.8 Å². The molecule has 0 radical (unpaired) electrons. The Morgan fingerprint density at radius 3 is 2.60 bits per heavy atom. The zero-order chi connectivity index (χ0) is 8.04. The summed E-state index contributed by atoms with van der Waals surface area (Å²) in [6.07, 6.45) is 0.737. The predicted molar refractivity (Wildman–Crippen MR) is 42.6 cm³/mol. The zero-order valence-electron chi connectivity index (χ0n) is 5.70. The molecular weight excluding hydrogens is 174 g/mol. The highest BCUT2D eigenvalue weighted by Gasteiger charge is 2.02. The van der Waals surface area contributed by atoms with E-state index in [1.54, 1.807) is 7.05 Å². The summed E-state index contributed by atoms with van der Waals surface area (Å²) in [6.45, 7) is 0.766. The van der Waals surface area contributed by atoms with Gasteiger partial charge in [0.25, 0.3) is 0 Å². The Morgan fingerprint density at radius 2 is 2.20 bits per heavy atom. The van der Waals surface area contributed by atoms with Crippen LogP contribution in [0.15, 0.2) is 0 Å². The molecule has 0 atom stereocenters. The summed E-state index contributed by atoms with van der Waals surface area (Å²) in [7, 11) is -1.46. The minimum absolute atomic E-state index is 0.430. The maximum atomic E-state index is 10.1. The van der Waals surface area contributed by atoms with E-state index in [-0.39, 0.29) is 0 Å². The van der Waals surface area contributed by atoms with Crippen LogP contribution in [0.5, 0.6) is 0 Å². The Morgan fingerprint density at radius 1 is 1.60 bits per heavy atom. The van der Waals surface area contributed by atoms with Crippen LogP contribution in [0.25, 0.3) is 0 Å². The average Bonchev–Trinajstić information content (AvgIpc) is 1.78. The maximum Gasteiger partial charge on any atom is 0.319 e. The molecule has 0 aliphatic heterocycles. The van der Waals surface area contributed by atoms with Crippen molar-refractivity contribution in [3.63, 3.8) is 0 Å². The molecule has 0 saturated carbocycles. The maximum absolute atomic E-state index is 10.1. The van der Waals surface area contributed by atoms with E-state index in [2.05, 4.69) is 5.32 Å². The Labute approximate surface area is 64.5 Å². The van der Waals surface area contributed by atoms with Gasteiger partial charge in [0.1, 0.15) is 0 Å². The van der Waals surface area contributed by atoms with Gasteiger partial charge in [0.05, 0.1) is 0 Å². The summed E-state index contributed by atoms with van der Waals surface area (Å²) in [5.74, 6) is 0.430. The van der Waals surface area contributed by atoms with Crippen LogP contribution in [-0.2, 0) is 9.15 Å². The zero-order valence-corrected chi connectivity index (χ0v) is 7.33. The Balaban J connectivity index is 3.21. The summed E-state index contributed by atoms with van der Waals surface area (Å²) in [6, 6.07) is 0. The lowest BCUT2D eigenvalue weighted by atomic mass is 10.5. The van der Waals surface area contributed by atoms with E-state index in [1.165, 1.54) is 0 Å². The van der Waals surface area contributed by atoms with Gasteiger partial charge in [-0.25, -0.2) is 0 Å². The fourth-order valence-electron chi connectivity index (χ4n) is 0.413. The number of rotatable bonds is 5. The van der Waals surface area contributed by atoms with Gasteiger partial charge >= 0.3 is 9.15 Å². The highest BCUT2D eigenvalue weighted by atomic mass is 33.1. The van der Waals surface area contributed by atoms with Crippen molar-refractivity contribution in [1.82, 2.24) is 5.32 Å². The molecule has 0 heterocycles. The number of nitrogens with one attached hydrogen (secondary N) is 1. The molecule has 0 saturated heterocycles. The first-order valence-corrected chi connectivity index (χ1v) is 5.77. The SMILES string of the molecule is CNCCCSS(=O)(=O)O. The number of hydrogen-bond donors (Lipinski definition) is 2. The Kier molecular flexibility index (Phi) is 5.06. The van der Waals surface area contributed by atoms with E-state index >= 15 is 0 Å². The van der Waals surface area contributed by atoms with Gasteiger partial charge in [-0.1, -0.05) is 0 Å². The van der Waals surface area contributed by atoms with E-state index in [4.69, 9.17) is 4.55 Å². The van der Waals surface area contributed by atoms with Gasteiger partial charge in [0.15, 0.2) is 0 Å². The molecule has 0 rings (SSSR count). The third kappa shape index (κ3) is 8.22. The van der Waals surface area contributed by atoms with Crippen molar-refractivity contribution in [3.8, 4) is 0 Å². The third-order valence-corrected chi connectivity index (χ3v) is 2.95. The monoisotopic (exact) mass is 185 g/mol. The molecule has 0 aliphatic rings. The van der Waals surface area contributed by atoms with E-state index < -0.39 is 9.15 Å². The van der Waals surface area contributed by atoms with Crippen molar-refractivity contribution in [2.45, 2.75) is 6.42 Å². The molecule has 0 spiro atoms. The topological polar surface area (TPSA) is 66.4 Å². The molecule has 0 aromatic rings. The van der Waals surface area contributed by atoms with Gasteiger partial charge in [-0.3, -0.25) is 4.55 Å². The largest absolute Gasteiger partial charge is 0.320 e. The van der Waals surface area contributed by atoms with E-state index in [9.17, 15) is 8.42 Å². The van der Waals surface area contributed by atoms with Gasteiger partial charge in [-0.15, -0.1) is 0 Å². The molecule has 0 aromatic carbocycles. The van der Waals surface area contributed by atoms with Crippen molar-refractivity contribution in [2.24, 2.45) is 0 Å². The fourth-order valence-corrected chi connectivity index (χ4v) is 1.87.